The van der Waals surface area contributed by atoms with Gasteiger partial charge in [-0.15, -0.1) is 0 Å². The highest BCUT2D eigenvalue weighted by atomic mass is 16.7. The van der Waals surface area contributed by atoms with Crippen LogP contribution in [0.1, 0.15) is 55.9 Å². The third kappa shape index (κ3) is 5.50. The van der Waals surface area contributed by atoms with Crippen molar-refractivity contribution in [2.45, 2.75) is 57.2 Å². The minimum absolute atomic E-state index is 0.0322. The number of Topliss-reactive ketones (excluding diaryl/α,β-unsaturated/α-hetero) is 1. The summed E-state index contributed by atoms with van der Waals surface area (Å²) in [5.41, 5.74) is 10.7. The molecular weight excluding hydrogens is 430 g/mol. The molecule has 0 bridgehead atoms. The SMILES string of the molecule is CO[C@@H]1C[C@@H]2[C@H](O[C@@H](c3ccccc3)[C@H](c3ccccc3)O1)[C@@H](C)CC(=O)[C@H]2CCCN=[N+]=[N-]. The van der Waals surface area contributed by atoms with E-state index >= 15 is 0 Å². The molecule has 0 spiro atoms. The largest absolute Gasteiger partial charge is 0.367 e. The van der Waals surface area contributed by atoms with E-state index in [0.29, 0.717) is 32.2 Å². The number of nitrogens with zero attached hydrogens (tertiary/aromatic N) is 3. The molecule has 7 nitrogen and oxygen atoms in total. The Morgan fingerprint density at radius 1 is 1.03 bits per heavy atom. The first-order valence-electron chi connectivity index (χ1n) is 12.1. The molecule has 7 heteroatoms. The van der Waals surface area contributed by atoms with Gasteiger partial charge in [-0.25, -0.2) is 0 Å². The highest BCUT2D eigenvalue weighted by Crippen LogP contribution is 2.47. The van der Waals surface area contributed by atoms with Gasteiger partial charge < -0.3 is 14.2 Å². The van der Waals surface area contributed by atoms with Gasteiger partial charge in [-0.3, -0.25) is 4.79 Å². The lowest BCUT2D eigenvalue weighted by molar-refractivity contribution is -0.248. The molecule has 1 aliphatic heterocycles. The number of rotatable bonds is 7. The van der Waals surface area contributed by atoms with Crippen LogP contribution in [0, 0.1) is 17.8 Å². The van der Waals surface area contributed by atoms with E-state index in [9.17, 15) is 4.79 Å². The molecule has 180 valence electrons. The Balaban J connectivity index is 1.71. The molecule has 0 N–H and O–H groups in total. The van der Waals surface area contributed by atoms with Crippen LogP contribution in [0.5, 0.6) is 0 Å². The van der Waals surface area contributed by atoms with Crippen molar-refractivity contribution >= 4 is 5.78 Å². The normalized spacial score (nSPS) is 31.6. The number of hydrogen-bond acceptors (Lipinski definition) is 5. The predicted octanol–water partition coefficient (Wildman–Crippen LogP) is 6.18. The minimum Gasteiger partial charge on any atom is -0.367 e. The summed E-state index contributed by atoms with van der Waals surface area (Å²) in [5, 5.41) is 3.65. The third-order valence-corrected chi connectivity index (χ3v) is 7.13. The summed E-state index contributed by atoms with van der Waals surface area (Å²) in [6.07, 6.45) is 1.15. The Hall–Kier alpha value is -2.70. The van der Waals surface area contributed by atoms with Crippen molar-refractivity contribution in [3.63, 3.8) is 0 Å². The second-order valence-corrected chi connectivity index (χ2v) is 9.32. The van der Waals surface area contributed by atoms with Crippen molar-refractivity contribution < 1.29 is 19.0 Å². The molecule has 7 atom stereocenters. The molecule has 2 aromatic carbocycles. The van der Waals surface area contributed by atoms with Gasteiger partial charge in [0.15, 0.2) is 6.29 Å². The van der Waals surface area contributed by atoms with E-state index in [-0.39, 0.29) is 41.8 Å². The molecule has 34 heavy (non-hydrogen) atoms. The topological polar surface area (TPSA) is 93.5 Å². The number of benzene rings is 2. The molecule has 2 aromatic rings. The molecule has 1 heterocycles. The van der Waals surface area contributed by atoms with Crippen molar-refractivity contribution in [3.05, 3.63) is 82.2 Å². The zero-order chi connectivity index (χ0) is 23.9. The first kappa shape index (κ1) is 24.4. The Bertz CT molecular complexity index is 980. The second kappa shape index (κ2) is 11.6. The molecule has 1 aliphatic carbocycles. The molecular formula is C27H33N3O4. The number of ketones is 1. The minimum atomic E-state index is -0.467. The van der Waals surface area contributed by atoms with Gasteiger partial charge in [-0.2, -0.15) is 0 Å². The van der Waals surface area contributed by atoms with Crippen LogP contribution in [-0.4, -0.2) is 31.8 Å². The maximum absolute atomic E-state index is 13.1. The van der Waals surface area contributed by atoms with E-state index < -0.39 is 6.29 Å². The Labute approximate surface area is 201 Å². The number of methoxy groups -OCH3 is 1. The van der Waals surface area contributed by atoms with Gasteiger partial charge in [0.2, 0.25) is 0 Å². The summed E-state index contributed by atoms with van der Waals surface area (Å²) in [5.74, 6) is 0.143. The van der Waals surface area contributed by atoms with E-state index in [0.717, 1.165) is 11.1 Å². The molecule has 1 saturated heterocycles. The summed E-state index contributed by atoms with van der Waals surface area (Å²) in [4.78, 5) is 16.0. The van der Waals surface area contributed by atoms with Crippen LogP contribution in [0.2, 0.25) is 0 Å². The predicted molar refractivity (Wildman–Crippen MR) is 129 cm³/mol. The fourth-order valence-electron chi connectivity index (χ4n) is 5.51. The lowest BCUT2D eigenvalue weighted by atomic mass is 9.68. The average Bonchev–Trinajstić information content (AvgIpc) is 2.85. The molecule has 4 rings (SSSR count). The standard InChI is InChI=1S/C27H33N3O4/c1-18-16-23(31)21(14-9-15-29-30-28)22-17-24(32-2)33-26(19-10-5-3-6-11-19)27(34-25(18)22)20-12-7-4-8-13-20/h3-8,10-13,18,21-22,24-27H,9,14-17H2,1-2H3/t18-,21-,22-,24-,25+,26-,27-/m0/s1. The molecule has 0 aromatic heterocycles. The van der Waals surface area contributed by atoms with Crippen molar-refractivity contribution in [2.75, 3.05) is 13.7 Å². The number of fused-ring (bicyclic) bond motifs is 1. The lowest BCUT2D eigenvalue weighted by Gasteiger charge is -2.47. The monoisotopic (exact) mass is 463 g/mol. The molecule has 0 unspecified atom stereocenters. The van der Waals surface area contributed by atoms with Crippen molar-refractivity contribution in [3.8, 4) is 0 Å². The quantitative estimate of drug-likeness (QED) is 0.212. The smallest absolute Gasteiger partial charge is 0.158 e. The summed E-state index contributed by atoms with van der Waals surface area (Å²) in [6.45, 7) is 2.50. The first-order chi connectivity index (χ1) is 16.6. The lowest BCUT2D eigenvalue weighted by Crippen LogP contribution is -2.49. The van der Waals surface area contributed by atoms with Crippen LogP contribution in [0.3, 0.4) is 0 Å². The maximum Gasteiger partial charge on any atom is 0.158 e. The summed E-state index contributed by atoms with van der Waals surface area (Å²) < 4.78 is 19.3. The van der Waals surface area contributed by atoms with Crippen molar-refractivity contribution in [2.24, 2.45) is 22.9 Å². The molecule has 0 amide bonds. The van der Waals surface area contributed by atoms with E-state index in [2.05, 4.69) is 41.2 Å². The van der Waals surface area contributed by atoms with Gasteiger partial charge >= 0.3 is 0 Å². The van der Waals surface area contributed by atoms with E-state index in [4.69, 9.17) is 19.7 Å². The second-order valence-electron chi connectivity index (χ2n) is 9.32. The van der Waals surface area contributed by atoms with Gasteiger partial charge in [-0.1, -0.05) is 72.7 Å². The molecule has 2 aliphatic rings. The van der Waals surface area contributed by atoms with Gasteiger partial charge in [0.05, 0.1) is 6.10 Å². The highest BCUT2D eigenvalue weighted by Gasteiger charge is 2.47. The van der Waals surface area contributed by atoms with Gasteiger partial charge in [-0.05, 0) is 41.3 Å². The number of hydrogen-bond donors (Lipinski definition) is 0. The highest BCUT2D eigenvalue weighted by molar-refractivity contribution is 5.82. The number of carbonyl (C=O) groups is 1. The van der Waals surface area contributed by atoms with Crippen LogP contribution in [-0.2, 0) is 19.0 Å². The zero-order valence-corrected chi connectivity index (χ0v) is 19.8. The molecule has 1 saturated carbocycles. The fraction of sp³-hybridized carbons (Fsp3) is 0.519. The summed E-state index contributed by atoms with van der Waals surface area (Å²) >= 11 is 0. The van der Waals surface area contributed by atoms with Crippen LogP contribution in [0.15, 0.2) is 65.8 Å². The molecule has 0 radical (unpaired) electrons. The summed E-state index contributed by atoms with van der Waals surface area (Å²) in [7, 11) is 1.66. The Morgan fingerprint density at radius 3 is 2.24 bits per heavy atom. The van der Waals surface area contributed by atoms with Crippen LogP contribution >= 0.6 is 0 Å². The van der Waals surface area contributed by atoms with Crippen LogP contribution in [0.25, 0.3) is 10.4 Å². The van der Waals surface area contributed by atoms with Crippen molar-refractivity contribution in [1.82, 2.24) is 0 Å². The maximum atomic E-state index is 13.1. The van der Waals surface area contributed by atoms with E-state index in [1.807, 2.05) is 36.4 Å². The molecule has 2 fully saturated rings. The van der Waals surface area contributed by atoms with E-state index in [1.54, 1.807) is 7.11 Å². The van der Waals surface area contributed by atoms with E-state index in [1.165, 1.54) is 0 Å². The Morgan fingerprint density at radius 2 is 1.65 bits per heavy atom. The average molecular weight is 464 g/mol. The number of carbonyl (C=O) groups excluding carboxylic acids is 1. The Kier molecular flexibility index (Phi) is 8.35. The number of ether oxygens (including phenoxy) is 3. The van der Waals surface area contributed by atoms with Gasteiger partial charge in [0, 0.05) is 37.3 Å². The van der Waals surface area contributed by atoms with Crippen LogP contribution < -0.4 is 0 Å². The summed E-state index contributed by atoms with van der Waals surface area (Å²) in [6, 6.07) is 20.3. The number of azide groups is 1. The van der Waals surface area contributed by atoms with Gasteiger partial charge in [0.25, 0.3) is 0 Å². The third-order valence-electron chi connectivity index (χ3n) is 7.13. The van der Waals surface area contributed by atoms with Crippen LogP contribution in [0.4, 0.5) is 0 Å². The van der Waals surface area contributed by atoms with Crippen molar-refractivity contribution in [1.29, 1.82) is 0 Å². The first-order valence-corrected chi connectivity index (χ1v) is 12.1. The zero-order valence-electron chi connectivity index (χ0n) is 19.8. The fourth-order valence-corrected chi connectivity index (χ4v) is 5.51. The van der Waals surface area contributed by atoms with Gasteiger partial charge in [0.1, 0.15) is 18.0 Å².